The minimum Gasteiger partial charge on any atom is -0.409 e. The number of rotatable bonds is 4. The summed E-state index contributed by atoms with van der Waals surface area (Å²) >= 11 is 0. The van der Waals surface area contributed by atoms with Gasteiger partial charge < -0.3 is 16.3 Å². The molecule has 4 heteroatoms. The number of nitrogens with zero attached hydrogens (tertiary/aromatic N) is 1. The van der Waals surface area contributed by atoms with Gasteiger partial charge in [-0.15, -0.1) is 0 Å². The van der Waals surface area contributed by atoms with E-state index in [0.717, 1.165) is 24.2 Å². The molecule has 0 heterocycles. The van der Waals surface area contributed by atoms with Crippen molar-refractivity contribution in [1.29, 1.82) is 0 Å². The van der Waals surface area contributed by atoms with E-state index in [9.17, 15) is 0 Å². The highest BCUT2D eigenvalue weighted by atomic mass is 16.4. The average molecular weight is 249 g/mol. The molecule has 0 bridgehead atoms. The summed E-state index contributed by atoms with van der Waals surface area (Å²) < 4.78 is 0. The Morgan fingerprint density at radius 2 is 2.06 bits per heavy atom. The SMILES string of the molecule is Cc1cc(/C(N)=N/O)ccc1CNCC(C)(C)C. The van der Waals surface area contributed by atoms with Crippen LogP contribution in [0.5, 0.6) is 0 Å². The van der Waals surface area contributed by atoms with Crippen LogP contribution in [-0.4, -0.2) is 17.6 Å². The van der Waals surface area contributed by atoms with Crippen molar-refractivity contribution in [2.24, 2.45) is 16.3 Å². The van der Waals surface area contributed by atoms with Crippen LogP contribution in [0.15, 0.2) is 23.4 Å². The van der Waals surface area contributed by atoms with Crippen molar-refractivity contribution in [2.45, 2.75) is 34.2 Å². The van der Waals surface area contributed by atoms with Crippen LogP contribution in [0.4, 0.5) is 0 Å². The molecule has 0 spiro atoms. The van der Waals surface area contributed by atoms with E-state index >= 15 is 0 Å². The van der Waals surface area contributed by atoms with Crippen LogP contribution in [0.1, 0.15) is 37.5 Å². The zero-order valence-electron chi connectivity index (χ0n) is 11.6. The van der Waals surface area contributed by atoms with Crippen molar-refractivity contribution in [3.8, 4) is 0 Å². The van der Waals surface area contributed by atoms with E-state index in [0.29, 0.717) is 0 Å². The van der Waals surface area contributed by atoms with Crippen molar-refractivity contribution >= 4 is 5.84 Å². The Balaban J connectivity index is 2.69. The lowest BCUT2D eigenvalue weighted by Gasteiger charge is -2.19. The van der Waals surface area contributed by atoms with E-state index in [2.05, 4.69) is 31.2 Å². The molecule has 0 unspecified atom stereocenters. The summed E-state index contributed by atoms with van der Waals surface area (Å²) in [5, 5.41) is 15.1. The second kappa shape index (κ2) is 5.87. The maximum Gasteiger partial charge on any atom is 0.170 e. The first-order chi connectivity index (χ1) is 8.33. The van der Waals surface area contributed by atoms with Crippen molar-refractivity contribution in [3.05, 3.63) is 34.9 Å². The topological polar surface area (TPSA) is 70.6 Å². The van der Waals surface area contributed by atoms with Crippen LogP contribution in [-0.2, 0) is 6.54 Å². The molecule has 0 aromatic heterocycles. The van der Waals surface area contributed by atoms with Gasteiger partial charge in [0.1, 0.15) is 0 Å². The standard InChI is InChI=1S/C14H23N3O/c1-10-7-11(13(15)17-18)5-6-12(10)8-16-9-14(2,3)4/h5-7,16,18H,8-9H2,1-4H3,(H2,15,17). The molecule has 0 fully saturated rings. The Morgan fingerprint density at radius 1 is 1.39 bits per heavy atom. The van der Waals surface area contributed by atoms with Crippen LogP contribution < -0.4 is 11.1 Å². The quantitative estimate of drug-likeness (QED) is 0.332. The Morgan fingerprint density at radius 3 is 2.56 bits per heavy atom. The van der Waals surface area contributed by atoms with Gasteiger partial charge >= 0.3 is 0 Å². The van der Waals surface area contributed by atoms with Crippen molar-refractivity contribution in [1.82, 2.24) is 5.32 Å². The summed E-state index contributed by atoms with van der Waals surface area (Å²) in [7, 11) is 0. The summed E-state index contributed by atoms with van der Waals surface area (Å²) in [5.74, 6) is 0.146. The summed E-state index contributed by atoms with van der Waals surface area (Å²) in [6, 6.07) is 5.82. The normalized spacial score (nSPS) is 12.8. The number of hydrogen-bond acceptors (Lipinski definition) is 3. The van der Waals surface area contributed by atoms with Crippen molar-refractivity contribution < 1.29 is 5.21 Å². The van der Waals surface area contributed by atoms with Gasteiger partial charge in [0.25, 0.3) is 0 Å². The monoisotopic (exact) mass is 249 g/mol. The Hall–Kier alpha value is -1.55. The molecule has 1 aromatic carbocycles. The summed E-state index contributed by atoms with van der Waals surface area (Å²) in [6.07, 6.45) is 0. The van der Waals surface area contributed by atoms with Gasteiger partial charge in [-0.25, -0.2) is 0 Å². The number of hydrogen-bond donors (Lipinski definition) is 3. The van der Waals surface area contributed by atoms with Crippen LogP contribution in [0.25, 0.3) is 0 Å². The molecule has 100 valence electrons. The zero-order valence-corrected chi connectivity index (χ0v) is 11.6. The van der Waals surface area contributed by atoms with E-state index in [1.54, 1.807) is 0 Å². The van der Waals surface area contributed by atoms with Gasteiger partial charge in [0.05, 0.1) is 0 Å². The largest absolute Gasteiger partial charge is 0.409 e. The van der Waals surface area contributed by atoms with Crippen molar-refractivity contribution in [2.75, 3.05) is 6.54 Å². The average Bonchev–Trinajstić information content (AvgIpc) is 2.28. The first kappa shape index (κ1) is 14.5. The third-order valence-electron chi connectivity index (χ3n) is 2.72. The fraction of sp³-hybridized carbons (Fsp3) is 0.500. The molecule has 0 aliphatic heterocycles. The number of benzene rings is 1. The van der Waals surface area contributed by atoms with Crippen LogP contribution in [0.2, 0.25) is 0 Å². The molecular weight excluding hydrogens is 226 g/mol. The van der Waals surface area contributed by atoms with E-state index in [-0.39, 0.29) is 11.3 Å². The van der Waals surface area contributed by atoms with Gasteiger partial charge in [-0.3, -0.25) is 0 Å². The lowest BCUT2D eigenvalue weighted by molar-refractivity contribution is 0.318. The minimum absolute atomic E-state index is 0.146. The fourth-order valence-corrected chi connectivity index (χ4v) is 1.68. The van der Waals surface area contributed by atoms with E-state index in [1.807, 2.05) is 25.1 Å². The van der Waals surface area contributed by atoms with Crippen LogP contribution in [0.3, 0.4) is 0 Å². The predicted octanol–water partition coefficient (Wildman–Crippen LogP) is 2.23. The van der Waals surface area contributed by atoms with E-state index in [1.165, 1.54) is 5.56 Å². The fourth-order valence-electron chi connectivity index (χ4n) is 1.68. The number of nitrogens with two attached hydrogens (primary N) is 1. The predicted molar refractivity (Wildman–Crippen MR) is 74.9 cm³/mol. The minimum atomic E-state index is 0.146. The number of amidine groups is 1. The highest BCUT2D eigenvalue weighted by molar-refractivity contribution is 5.97. The van der Waals surface area contributed by atoms with Gasteiger partial charge in [0.15, 0.2) is 5.84 Å². The highest BCUT2D eigenvalue weighted by Crippen LogP contribution is 2.13. The molecule has 0 radical (unpaired) electrons. The Labute approximate surface area is 109 Å². The smallest absolute Gasteiger partial charge is 0.170 e. The van der Waals surface area contributed by atoms with Gasteiger partial charge in [0, 0.05) is 18.7 Å². The zero-order chi connectivity index (χ0) is 13.8. The molecule has 1 aromatic rings. The lowest BCUT2D eigenvalue weighted by Crippen LogP contribution is -2.26. The molecule has 0 aliphatic carbocycles. The molecule has 0 atom stereocenters. The molecule has 0 saturated carbocycles. The number of aryl methyl sites for hydroxylation is 1. The summed E-state index contributed by atoms with van der Waals surface area (Å²) in [6.45, 7) is 10.4. The van der Waals surface area contributed by atoms with E-state index < -0.39 is 0 Å². The van der Waals surface area contributed by atoms with Gasteiger partial charge in [-0.2, -0.15) is 0 Å². The first-order valence-electron chi connectivity index (χ1n) is 6.11. The summed E-state index contributed by atoms with van der Waals surface area (Å²) in [4.78, 5) is 0. The third kappa shape index (κ3) is 4.37. The van der Waals surface area contributed by atoms with Crippen LogP contribution >= 0.6 is 0 Å². The molecule has 0 amide bonds. The Kier molecular flexibility index (Phi) is 4.73. The molecule has 4 N–H and O–H groups in total. The molecular formula is C14H23N3O. The first-order valence-corrected chi connectivity index (χ1v) is 6.11. The highest BCUT2D eigenvalue weighted by Gasteiger charge is 2.09. The maximum absolute atomic E-state index is 8.63. The molecule has 18 heavy (non-hydrogen) atoms. The molecule has 4 nitrogen and oxygen atoms in total. The second-order valence-corrected chi connectivity index (χ2v) is 5.79. The Bertz CT molecular complexity index is 433. The van der Waals surface area contributed by atoms with Gasteiger partial charge in [-0.1, -0.05) is 38.1 Å². The lowest BCUT2D eigenvalue weighted by atomic mass is 9.96. The van der Waals surface area contributed by atoms with Gasteiger partial charge in [0.2, 0.25) is 0 Å². The molecule has 1 rings (SSSR count). The number of oxime groups is 1. The third-order valence-corrected chi connectivity index (χ3v) is 2.72. The van der Waals surface area contributed by atoms with E-state index in [4.69, 9.17) is 10.9 Å². The maximum atomic E-state index is 8.63. The molecule has 0 aliphatic rings. The van der Waals surface area contributed by atoms with Crippen LogP contribution in [0, 0.1) is 12.3 Å². The van der Waals surface area contributed by atoms with Crippen molar-refractivity contribution in [3.63, 3.8) is 0 Å². The molecule has 0 saturated heterocycles. The number of nitrogens with one attached hydrogen (secondary N) is 1. The van der Waals surface area contributed by atoms with Gasteiger partial charge in [-0.05, 0) is 29.5 Å². The second-order valence-electron chi connectivity index (χ2n) is 5.79. The summed E-state index contributed by atoms with van der Waals surface area (Å²) in [5.41, 5.74) is 8.95.